The van der Waals surface area contributed by atoms with Gasteiger partial charge in [-0.2, -0.15) is 0 Å². The first-order chi connectivity index (χ1) is 36.0. The summed E-state index contributed by atoms with van der Waals surface area (Å²) >= 11 is 0. The summed E-state index contributed by atoms with van der Waals surface area (Å²) in [5.74, 6) is -0.902. The van der Waals surface area contributed by atoms with E-state index in [2.05, 4.69) is 106 Å². The summed E-state index contributed by atoms with van der Waals surface area (Å²) in [5, 5.41) is 0. The lowest BCUT2D eigenvalue weighted by Crippen LogP contribution is -2.30. The molecule has 0 aromatic carbocycles. The Morgan fingerprint density at radius 2 is 0.534 bits per heavy atom. The number of ether oxygens (including phenoxy) is 3. The van der Waals surface area contributed by atoms with Gasteiger partial charge in [-0.05, 0) is 96.3 Å². The Morgan fingerprint density at radius 1 is 0.288 bits per heavy atom. The zero-order chi connectivity index (χ0) is 52.9. The van der Waals surface area contributed by atoms with Gasteiger partial charge in [0.2, 0.25) is 0 Å². The molecule has 0 aromatic rings. The molecule has 73 heavy (non-hydrogen) atoms. The third-order valence-corrected chi connectivity index (χ3v) is 13.4. The first-order valence-electron chi connectivity index (χ1n) is 31.1. The van der Waals surface area contributed by atoms with E-state index in [4.69, 9.17) is 14.2 Å². The molecule has 0 fully saturated rings. The van der Waals surface area contributed by atoms with E-state index < -0.39 is 6.10 Å². The molecule has 0 heterocycles. The third kappa shape index (κ3) is 59.3. The van der Waals surface area contributed by atoms with Gasteiger partial charge in [-0.25, -0.2) is 0 Å². The van der Waals surface area contributed by atoms with E-state index in [1.54, 1.807) is 0 Å². The molecule has 1 unspecified atom stereocenters. The molecule has 0 bridgehead atoms. The fourth-order valence-corrected chi connectivity index (χ4v) is 8.74. The number of carbonyl (C=O) groups excluding carboxylic acids is 3. The molecule has 0 radical (unpaired) electrons. The van der Waals surface area contributed by atoms with Crippen molar-refractivity contribution in [2.75, 3.05) is 13.2 Å². The van der Waals surface area contributed by atoms with Crippen LogP contribution in [0.15, 0.2) is 85.1 Å². The first kappa shape index (κ1) is 69.6. The van der Waals surface area contributed by atoms with Gasteiger partial charge in [-0.3, -0.25) is 14.4 Å². The molecular formula is C67H116O6. The molecule has 0 aliphatic rings. The summed E-state index contributed by atoms with van der Waals surface area (Å²) in [6, 6.07) is 0. The summed E-state index contributed by atoms with van der Waals surface area (Å²) in [4.78, 5) is 38.3. The van der Waals surface area contributed by atoms with Crippen LogP contribution in [0, 0.1) is 0 Å². The van der Waals surface area contributed by atoms with Crippen molar-refractivity contribution in [3.63, 3.8) is 0 Å². The molecule has 0 rings (SSSR count). The van der Waals surface area contributed by atoms with Gasteiger partial charge in [0.15, 0.2) is 6.10 Å². The molecule has 1 atom stereocenters. The number of carbonyl (C=O) groups is 3. The van der Waals surface area contributed by atoms with Gasteiger partial charge in [0, 0.05) is 19.3 Å². The summed E-state index contributed by atoms with van der Waals surface area (Å²) in [6.45, 7) is 6.53. The number of rotatable bonds is 56. The molecule has 0 amide bonds. The van der Waals surface area contributed by atoms with Crippen molar-refractivity contribution in [1.82, 2.24) is 0 Å². The Labute approximate surface area is 452 Å². The van der Waals surface area contributed by atoms with E-state index in [0.29, 0.717) is 19.3 Å². The van der Waals surface area contributed by atoms with E-state index in [9.17, 15) is 14.4 Å². The highest BCUT2D eigenvalue weighted by atomic mass is 16.6. The van der Waals surface area contributed by atoms with Crippen LogP contribution in [0.3, 0.4) is 0 Å². The Morgan fingerprint density at radius 3 is 0.849 bits per heavy atom. The van der Waals surface area contributed by atoms with E-state index in [0.717, 1.165) is 109 Å². The van der Waals surface area contributed by atoms with Gasteiger partial charge in [-0.15, -0.1) is 0 Å². The highest BCUT2D eigenvalue weighted by molar-refractivity contribution is 5.71. The normalized spacial score (nSPS) is 12.6. The standard InChI is InChI=1S/C67H116O6/c1-4-7-10-13-16-19-22-25-28-30-32-33-34-35-36-38-39-42-45-48-51-54-57-60-66(69)72-63-64(62-71-65(68)59-56-53-50-47-44-41-27-24-21-18-15-12-9-6-3)73-67(70)61-58-55-52-49-46-43-40-37-31-29-26-23-20-17-14-11-8-5-2/h7,10,16,19,25,28-29,31-33,35-36,39,42,64H,4-6,8-9,11-15,17-18,20-24,26-27,30,34,37-38,40-41,43-63H2,1-3H3/b10-7-,19-16-,28-25-,31-29-,33-32-,36-35-,42-39-. The fraction of sp³-hybridized carbons (Fsp3) is 0.746. The lowest BCUT2D eigenvalue weighted by Gasteiger charge is -2.18. The number of hydrogen-bond acceptors (Lipinski definition) is 6. The second-order valence-corrected chi connectivity index (χ2v) is 20.6. The monoisotopic (exact) mass is 1020 g/mol. The van der Waals surface area contributed by atoms with E-state index >= 15 is 0 Å². The predicted molar refractivity (Wildman–Crippen MR) is 316 cm³/mol. The van der Waals surface area contributed by atoms with Crippen molar-refractivity contribution in [2.45, 2.75) is 309 Å². The second kappa shape index (κ2) is 61.1. The van der Waals surface area contributed by atoms with Gasteiger partial charge < -0.3 is 14.2 Å². The van der Waals surface area contributed by atoms with Crippen molar-refractivity contribution in [1.29, 1.82) is 0 Å². The molecule has 0 N–H and O–H groups in total. The smallest absolute Gasteiger partial charge is 0.306 e. The Hall–Kier alpha value is -3.41. The maximum Gasteiger partial charge on any atom is 0.306 e. The number of hydrogen-bond donors (Lipinski definition) is 0. The van der Waals surface area contributed by atoms with Gasteiger partial charge in [0.25, 0.3) is 0 Å². The van der Waals surface area contributed by atoms with Crippen LogP contribution in [0.25, 0.3) is 0 Å². The second-order valence-electron chi connectivity index (χ2n) is 20.6. The fourth-order valence-electron chi connectivity index (χ4n) is 8.74. The molecule has 420 valence electrons. The van der Waals surface area contributed by atoms with Crippen LogP contribution in [-0.4, -0.2) is 37.2 Å². The van der Waals surface area contributed by atoms with Crippen molar-refractivity contribution in [3.8, 4) is 0 Å². The Balaban J connectivity index is 4.41. The molecule has 6 heteroatoms. The minimum absolute atomic E-state index is 0.0840. The van der Waals surface area contributed by atoms with Crippen LogP contribution in [0.4, 0.5) is 0 Å². The van der Waals surface area contributed by atoms with Gasteiger partial charge >= 0.3 is 17.9 Å². The quantitative estimate of drug-likeness (QED) is 0.0261. The number of esters is 3. The van der Waals surface area contributed by atoms with E-state index in [1.807, 2.05) is 0 Å². The SMILES string of the molecule is CC/C=C\C/C=C\C/C=C\C/C=C\C/C=C\C/C=C\CCCCCCC(=O)OCC(COC(=O)CCCCCCCCCCCCCCCC)OC(=O)CCCCCCCCC/C=C\CCCCCCCCC. The zero-order valence-electron chi connectivity index (χ0n) is 48.1. The highest BCUT2D eigenvalue weighted by Crippen LogP contribution is 2.16. The third-order valence-electron chi connectivity index (χ3n) is 13.4. The van der Waals surface area contributed by atoms with Gasteiger partial charge in [0.05, 0.1) is 0 Å². The van der Waals surface area contributed by atoms with Crippen molar-refractivity contribution in [2.24, 2.45) is 0 Å². The summed E-state index contributed by atoms with van der Waals surface area (Å²) in [6.07, 6.45) is 80.0. The van der Waals surface area contributed by atoms with E-state index in [-0.39, 0.29) is 31.1 Å². The first-order valence-corrected chi connectivity index (χ1v) is 31.1. The average Bonchev–Trinajstić information content (AvgIpc) is 3.39. The number of allylic oxidation sites excluding steroid dienone is 14. The van der Waals surface area contributed by atoms with Gasteiger partial charge in [-0.1, -0.05) is 273 Å². The summed E-state index contributed by atoms with van der Waals surface area (Å²) < 4.78 is 16.9. The average molecular weight is 1020 g/mol. The molecule has 6 nitrogen and oxygen atoms in total. The topological polar surface area (TPSA) is 78.9 Å². The van der Waals surface area contributed by atoms with Crippen LogP contribution < -0.4 is 0 Å². The van der Waals surface area contributed by atoms with E-state index in [1.165, 1.54) is 154 Å². The van der Waals surface area contributed by atoms with Crippen LogP contribution in [-0.2, 0) is 28.6 Å². The van der Waals surface area contributed by atoms with Crippen molar-refractivity contribution >= 4 is 17.9 Å². The molecule has 0 saturated carbocycles. The van der Waals surface area contributed by atoms with Gasteiger partial charge in [0.1, 0.15) is 13.2 Å². The lowest BCUT2D eigenvalue weighted by atomic mass is 10.0. The Kier molecular flexibility index (Phi) is 58.3. The maximum absolute atomic E-state index is 12.9. The summed E-state index contributed by atoms with van der Waals surface area (Å²) in [7, 11) is 0. The highest BCUT2D eigenvalue weighted by Gasteiger charge is 2.19. The minimum atomic E-state index is -0.789. The molecule has 0 aliphatic heterocycles. The summed E-state index contributed by atoms with van der Waals surface area (Å²) in [5.41, 5.74) is 0. The van der Waals surface area contributed by atoms with Crippen molar-refractivity contribution < 1.29 is 28.6 Å². The minimum Gasteiger partial charge on any atom is -0.462 e. The molecule has 0 spiro atoms. The maximum atomic E-state index is 12.9. The van der Waals surface area contributed by atoms with Crippen LogP contribution in [0.1, 0.15) is 303 Å². The predicted octanol–water partition coefficient (Wildman–Crippen LogP) is 21.1. The Bertz CT molecular complexity index is 1400. The number of unbranched alkanes of at least 4 members (excludes halogenated alkanes) is 31. The molecule has 0 saturated heterocycles. The zero-order valence-corrected chi connectivity index (χ0v) is 48.1. The molecule has 0 aliphatic carbocycles. The molecular weight excluding hydrogens is 901 g/mol. The largest absolute Gasteiger partial charge is 0.462 e. The van der Waals surface area contributed by atoms with Crippen LogP contribution in [0.2, 0.25) is 0 Å². The van der Waals surface area contributed by atoms with Crippen LogP contribution in [0.5, 0.6) is 0 Å². The van der Waals surface area contributed by atoms with Crippen molar-refractivity contribution in [3.05, 3.63) is 85.1 Å². The lowest BCUT2D eigenvalue weighted by molar-refractivity contribution is -0.167. The molecule has 0 aromatic heterocycles. The van der Waals surface area contributed by atoms with Crippen LogP contribution >= 0.6 is 0 Å².